The van der Waals surface area contributed by atoms with Gasteiger partial charge in [-0.3, -0.25) is 4.98 Å². The second kappa shape index (κ2) is 6.86. The summed E-state index contributed by atoms with van der Waals surface area (Å²) < 4.78 is 6.55. The first-order valence-corrected chi connectivity index (χ1v) is 7.45. The van der Waals surface area contributed by atoms with Gasteiger partial charge in [-0.2, -0.15) is 0 Å². The zero-order valence-electron chi connectivity index (χ0n) is 12.0. The van der Waals surface area contributed by atoms with Crippen LogP contribution < -0.4 is 10.1 Å². The van der Waals surface area contributed by atoms with Crippen molar-refractivity contribution in [2.24, 2.45) is 0 Å². The fourth-order valence-corrected chi connectivity index (χ4v) is 2.46. The third-order valence-electron chi connectivity index (χ3n) is 3.22. The molecule has 0 aliphatic heterocycles. The smallest absolute Gasteiger partial charge is 0.142 e. The SMILES string of the molecule is CCNC(c1ccc(Br)c(C)c1)c1ncccc1OC. The van der Waals surface area contributed by atoms with Gasteiger partial charge in [-0.25, -0.2) is 0 Å². The van der Waals surface area contributed by atoms with Gasteiger partial charge >= 0.3 is 0 Å². The summed E-state index contributed by atoms with van der Waals surface area (Å²) in [6.45, 7) is 5.04. The zero-order valence-corrected chi connectivity index (χ0v) is 13.6. The van der Waals surface area contributed by atoms with Crippen LogP contribution in [0.1, 0.15) is 29.8 Å². The van der Waals surface area contributed by atoms with E-state index in [1.807, 2.05) is 12.1 Å². The number of hydrogen-bond donors (Lipinski definition) is 1. The van der Waals surface area contributed by atoms with Crippen LogP contribution in [0.25, 0.3) is 0 Å². The Morgan fingerprint density at radius 3 is 2.80 bits per heavy atom. The van der Waals surface area contributed by atoms with E-state index in [1.165, 1.54) is 11.1 Å². The van der Waals surface area contributed by atoms with Crippen LogP contribution >= 0.6 is 15.9 Å². The van der Waals surface area contributed by atoms with Gasteiger partial charge in [0.15, 0.2) is 0 Å². The molecule has 0 bridgehead atoms. The minimum Gasteiger partial charge on any atom is -0.495 e. The zero-order chi connectivity index (χ0) is 14.5. The van der Waals surface area contributed by atoms with Crippen LogP contribution in [0.2, 0.25) is 0 Å². The summed E-state index contributed by atoms with van der Waals surface area (Å²) in [5.74, 6) is 0.805. The third-order valence-corrected chi connectivity index (χ3v) is 4.11. The molecule has 2 rings (SSSR count). The average Bonchev–Trinajstić information content (AvgIpc) is 2.48. The summed E-state index contributed by atoms with van der Waals surface area (Å²) >= 11 is 3.54. The Bertz CT molecular complexity index is 586. The van der Waals surface area contributed by atoms with Gasteiger partial charge in [0.1, 0.15) is 11.4 Å². The normalized spacial score (nSPS) is 12.2. The number of nitrogens with one attached hydrogen (secondary N) is 1. The van der Waals surface area contributed by atoms with Gasteiger partial charge in [0.25, 0.3) is 0 Å². The van der Waals surface area contributed by atoms with Crippen molar-refractivity contribution in [3.05, 3.63) is 57.8 Å². The van der Waals surface area contributed by atoms with E-state index in [4.69, 9.17) is 4.74 Å². The molecule has 2 aromatic rings. The number of aromatic nitrogens is 1. The Balaban J connectivity index is 2.47. The van der Waals surface area contributed by atoms with Crippen LogP contribution in [0.3, 0.4) is 0 Å². The van der Waals surface area contributed by atoms with Gasteiger partial charge < -0.3 is 10.1 Å². The van der Waals surface area contributed by atoms with Crippen molar-refractivity contribution in [2.75, 3.05) is 13.7 Å². The quantitative estimate of drug-likeness (QED) is 0.901. The van der Waals surface area contributed by atoms with E-state index in [1.54, 1.807) is 13.3 Å². The fourth-order valence-electron chi connectivity index (χ4n) is 2.22. The molecule has 0 aliphatic carbocycles. The van der Waals surface area contributed by atoms with Crippen molar-refractivity contribution in [1.82, 2.24) is 10.3 Å². The first-order chi connectivity index (χ1) is 9.67. The molecule has 1 unspecified atom stereocenters. The number of benzene rings is 1. The molecule has 0 spiro atoms. The molecule has 3 nitrogen and oxygen atoms in total. The first-order valence-electron chi connectivity index (χ1n) is 6.65. The second-order valence-electron chi connectivity index (χ2n) is 4.59. The molecule has 106 valence electrons. The van der Waals surface area contributed by atoms with E-state index < -0.39 is 0 Å². The Morgan fingerprint density at radius 2 is 2.15 bits per heavy atom. The minimum atomic E-state index is 0.0305. The van der Waals surface area contributed by atoms with Gasteiger partial charge in [-0.1, -0.05) is 35.0 Å². The average molecular weight is 335 g/mol. The Kier molecular flexibility index (Phi) is 5.15. The van der Waals surface area contributed by atoms with Gasteiger partial charge in [0.05, 0.1) is 13.2 Å². The lowest BCUT2D eigenvalue weighted by atomic mass is 10.0. The molecule has 0 saturated carbocycles. The molecule has 1 aromatic carbocycles. The highest BCUT2D eigenvalue weighted by atomic mass is 79.9. The molecular formula is C16H19BrN2O. The van der Waals surface area contributed by atoms with E-state index >= 15 is 0 Å². The maximum Gasteiger partial charge on any atom is 0.142 e. The van der Waals surface area contributed by atoms with E-state index in [9.17, 15) is 0 Å². The second-order valence-corrected chi connectivity index (χ2v) is 5.44. The van der Waals surface area contributed by atoms with Crippen LogP contribution in [0.5, 0.6) is 5.75 Å². The number of ether oxygens (including phenoxy) is 1. The predicted molar refractivity (Wildman–Crippen MR) is 85.2 cm³/mol. The number of hydrogen-bond acceptors (Lipinski definition) is 3. The molecule has 0 fully saturated rings. The molecule has 1 heterocycles. The summed E-state index contributed by atoms with van der Waals surface area (Å²) in [4.78, 5) is 4.50. The lowest BCUT2D eigenvalue weighted by molar-refractivity contribution is 0.400. The molecule has 20 heavy (non-hydrogen) atoms. The topological polar surface area (TPSA) is 34.2 Å². The van der Waals surface area contributed by atoms with Crippen molar-refractivity contribution in [3.8, 4) is 5.75 Å². The summed E-state index contributed by atoms with van der Waals surface area (Å²) in [6, 6.07) is 10.2. The Hall–Kier alpha value is -1.39. The van der Waals surface area contributed by atoms with E-state index in [0.717, 1.165) is 22.5 Å². The highest BCUT2D eigenvalue weighted by Crippen LogP contribution is 2.29. The van der Waals surface area contributed by atoms with Crippen LogP contribution in [-0.2, 0) is 0 Å². The van der Waals surface area contributed by atoms with Gasteiger partial charge in [-0.15, -0.1) is 0 Å². The monoisotopic (exact) mass is 334 g/mol. The maximum absolute atomic E-state index is 5.44. The van der Waals surface area contributed by atoms with Gasteiger partial charge in [0.2, 0.25) is 0 Å². The lowest BCUT2D eigenvalue weighted by Crippen LogP contribution is -2.23. The third kappa shape index (κ3) is 3.19. The molecule has 0 radical (unpaired) electrons. The van der Waals surface area contributed by atoms with Crippen LogP contribution in [-0.4, -0.2) is 18.6 Å². The first kappa shape index (κ1) is 15.0. The van der Waals surface area contributed by atoms with Gasteiger partial charge in [0, 0.05) is 10.7 Å². The highest BCUT2D eigenvalue weighted by molar-refractivity contribution is 9.10. The van der Waals surface area contributed by atoms with Crippen LogP contribution in [0.4, 0.5) is 0 Å². The van der Waals surface area contributed by atoms with Crippen molar-refractivity contribution in [3.63, 3.8) is 0 Å². The standard InChI is InChI=1S/C16H19BrN2O/c1-4-18-15(12-7-8-13(17)11(2)10-12)16-14(20-3)6-5-9-19-16/h5-10,15,18H,4H2,1-3H3. The number of methoxy groups -OCH3 is 1. The molecule has 4 heteroatoms. The highest BCUT2D eigenvalue weighted by Gasteiger charge is 2.19. The summed E-state index contributed by atoms with van der Waals surface area (Å²) in [6.07, 6.45) is 1.80. The van der Waals surface area contributed by atoms with E-state index in [0.29, 0.717) is 0 Å². The number of nitrogens with zero attached hydrogens (tertiary/aromatic N) is 1. The minimum absolute atomic E-state index is 0.0305. The maximum atomic E-state index is 5.44. The number of pyridine rings is 1. The number of aryl methyl sites for hydroxylation is 1. The van der Waals surface area contributed by atoms with Crippen molar-refractivity contribution in [1.29, 1.82) is 0 Å². The fraction of sp³-hybridized carbons (Fsp3) is 0.312. The molecule has 0 aliphatic rings. The van der Waals surface area contributed by atoms with Crippen molar-refractivity contribution in [2.45, 2.75) is 19.9 Å². The summed E-state index contributed by atoms with van der Waals surface area (Å²) in [7, 11) is 1.68. The molecule has 1 N–H and O–H groups in total. The van der Waals surface area contributed by atoms with Gasteiger partial charge in [-0.05, 0) is 42.8 Å². The van der Waals surface area contributed by atoms with Crippen LogP contribution in [0.15, 0.2) is 41.0 Å². The van der Waals surface area contributed by atoms with Crippen molar-refractivity contribution >= 4 is 15.9 Å². The molecule has 0 amide bonds. The van der Waals surface area contributed by atoms with E-state index in [2.05, 4.69) is 58.3 Å². The molecule has 1 atom stereocenters. The molecule has 0 saturated heterocycles. The molecular weight excluding hydrogens is 316 g/mol. The number of halogens is 1. The predicted octanol–water partition coefficient (Wildman–Crippen LogP) is 3.86. The Morgan fingerprint density at radius 1 is 1.35 bits per heavy atom. The Labute approximate surface area is 128 Å². The van der Waals surface area contributed by atoms with Crippen molar-refractivity contribution < 1.29 is 4.74 Å². The van der Waals surface area contributed by atoms with E-state index in [-0.39, 0.29) is 6.04 Å². The largest absolute Gasteiger partial charge is 0.495 e. The summed E-state index contributed by atoms with van der Waals surface area (Å²) in [5, 5.41) is 3.48. The molecule has 1 aromatic heterocycles. The lowest BCUT2D eigenvalue weighted by Gasteiger charge is -2.20. The number of rotatable bonds is 5. The van der Waals surface area contributed by atoms with Crippen LogP contribution in [0, 0.1) is 6.92 Å². The summed E-state index contributed by atoms with van der Waals surface area (Å²) in [5.41, 5.74) is 3.31.